The van der Waals surface area contributed by atoms with Crippen molar-refractivity contribution in [3.8, 4) is 5.75 Å². The molecule has 7 nitrogen and oxygen atoms in total. The minimum absolute atomic E-state index is 0.0214. The van der Waals surface area contributed by atoms with E-state index in [2.05, 4.69) is 14.9 Å². The molecule has 0 heterocycles. The van der Waals surface area contributed by atoms with Crippen LogP contribution >= 0.6 is 11.6 Å². The van der Waals surface area contributed by atoms with Crippen LogP contribution in [0.3, 0.4) is 0 Å². The van der Waals surface area contributed by atoms with Crippen LogP contribution in [-0.4, -0.2) is 46.5 Å². The van der Waals surface area contributed by atoms with E-state index in [0.717, 1.165) is 36.1 Å². The molecule has 0 radical (unpaired) electrons. The molecule has 1 aliphatic carbocycles. The summed E-state index contributed by atoms with van der Waals surface area (Å²) in [4.78, 5) is 13.4. The summed E-state index contributed by atoms with van der Waals surface area (Å²) in [6.07, 6.45) is 2.47. The molecular formula is C21H26ClN3O4S. The Labute approximate surface area is 182 Å². The van der Waals surface area contributed by atoms with Crippen LogP contribution < -0.4 is 14.8 Å². The highest BCUT2D eigenvalue weighted by Crippen LogP contribution is 2.37. The van der Waals surface area contributed by atoms with Crippen LogP contribution in [0.1, 0.15) is 24.5 Å². The first-order chi connectivity index (χ1) is 14.1. The first-order valence-corrected chi connectivity index (χ1v) is 11.4. The number of nitrogens with zero attached hydrogens (tertiary/aromatic N) is 1. The SMILES string of the molecule is COc1ccc(NS(=O)(=O)c2ccc(NC(C)=O)c(Cl)c2)c2c1C[C@@H](N(C)C)CC2. The molecule has 0 saturated carbocycles. The van der Waals surface area contributed by atoms with Gasteiger partial charge in [-0.1, -0.05) is 11.6 Å². The van der Waals surface area contributed by atoms with Crippen LogP contribution in [0.4, 0.5) is 11.4 Å². The fraction of sp³-hybridized carbons (Fsp3) is 0.381. The van der Waals surface area contributed by atoms with Crippen LogP contribution in [0.5, 0.6) is 5.75 Å². The van der Waals surface area contributed by atoms with Gasteiger partial charge in [0.25, 0.3) is 10.0 Å². The average molecular weight is 452 g/mol. The van der Waals surface area contributed by atoms with Crippen LogP contribution in [0.15, 0.2) is 35.2 Å². The lowest BCUT2D eigenvalue weighted by atomic mass is 9.86. The van der Waals surface area contributed by atoms with Gasteiger partial charge in [-0.05, 0) is 69.3 Å². The van der Waals surface area contributed by atoms with Crippen molar-refractivity contribution in [1.82, 2.24) is 4.90 Å². The summed E-state index contributed by atoms with van der Waals surface area (Å²) < 4.78 is 34.2. The molecule has 0 spiro atoms. The highest BCUT2D eigenvalue weighted by atomic mass is 35.5. The van der Waals surface area contributed by atoms with E-state index >= 15 is 0 Å². The number of rotatable bonds is 6. The Balaban J connectivity index is 1.93. The van der Waals surface area contributed by atoms with Gasteiger partial charge in [0.15, 0.2) is 0 Å². The van der Waals surface area contributed by atoms with E-state index in [4.69, 9.17) is 16.3 Å². The second-order valence-corrected chi connectivity index (χ2v) is 9.65. The first kappa shape index (κ1) is 22.4. The highest BCUT2D eigenvalue weighted by Gasteiger charge is 2.27. The topological polar surface area (TPSA) is 87.7 Å². The number of likely N-dealkylation sites (N-methyl/N-ethyl adjacent to an activating group) is 1. The summed E-state index contributed by atoms with van der Waals surface area (Å²) in [6, 6.07) is 8.12. The number of methoxy groups -OCH3 is 1. The standard InChI is InChI=1S/C21H26ClN3O4S/c1-13(26)23-20-8-6-15(12-18(20)22)30(27,28)24-19-9-10-21(29-4)17-11-14(25(2)3)5-7-16(17)19/h6,8-10,12,14,24H,5,7,11H2,1-4H3,(H,23,26)/t14-/m0/s1. The molecule has 3 rings (SSSR count). The van der Waals surface area contributed by atoms with Crippen molar-refractivity contribution in [3.05, 3.63) is 46.5 Å². The van der Waals surface area contributed by atoms with Gasteiger partial charge in [-0.15, -0.1) is 0 Å². The van der Waals surface area contributed by atoms with E-state index in [1.807, 2.05) is 14.1 Å². The number of halogens is 1. The number of hydrogen-bond donors (Lipinski definition) is 2. The molecule has 9 heteroatoms. The van der Waals surface area contributed by atoms with Gasteiger partial charge in [0.1, 0.15) is 5.75 Å². The normalized spacial score (nSPS) is 16.1. The lowest BCUT2D eigenvalue weighted by Gasteiger charge is -2.32. The molecule has 2 aromatic rings. The number of anilines is 2. The zero-order chi connectivity index (χ0) is 22.1. The maximum absolute atomic E-state index is 13.0. The first-order valence-electron chi connectivity index (χ1n) is 9.57. The lowest BCUT2D eigenvalue weighted by Crippen LogP contribution is -2.34. The Morgan fingerprint density at radius 2 is 1.87 bits per heavy atom. The summed E-state index contributed by atoms with van der Waals surface area (Å²) in [5.74, 6) is 0.480. The third-order valence-electron chi connectivity index (χ3n) is 5.31. The summed E-state index contributed by atoms with van der Waals surface area (Å²) in [6.45, 7) is 1.36. The smallest absolute Gasteiger partial charge is 0.261 e. The Kier molecular flexibility index (Phi) is 6.59. The predicted octanol–water partition coefficient (Wildman–Crippen LogP) is 3.53. The van der Waals surface area contributed by atoms with Crippen LogP contribution in [0.25, 0.3) is 0 Å². The van der Waals surface area contributed by atoms with Crippen molar-refractivity contribution in [1.29, 1.82) is 0 Å². The number of carbonyl (C=O) groups excluding carboxylic acids is 1. The molecular weight excluding hydrogens is 426 g/mol. The minimum atomic E-state index is -3.86. The van der Waals surface area contributed by atoms with Crippen molar-refractivity contribution in [2.45, 2.75) is 37.1 Å². The van der Waals surface area contributed by atoms with Crippen molar-refractivity contribution in [3.63, 3.8) is 0 Å². The molecule has 0 unspecified atom stereocenters. The van der Waals surface area contributed by atoms with E-state index in [-0.39, 0.29) is 15.8 Å². The number of hydrogen-bond acceptors (Lipinski definition) is 5. The maximum atomic E-state index is 13.0. The van der Waals surface area contributed by atoms with E-state index < -0.39 is 10.0 Å². The van der Waals surface area contributed by atoms with E-state index in [0.29, 0.717) is 17.4 Å². The number of carbonyl (C=O) groups is 1. The highest BCUT2D eigenvalue weighted by molar-refractivity contribution is 7.92. The summed E-state index contributed by atoms with van der Waals surface area (Å²) >= 11 is 6.15. The molecule has 2 aromatic carbocycles. The largest absolute Gasteiger partial charge is 0.496 e. The molecule has 0 aromatic heterocycles. The van der Waals surface area contributed by atoms with Gasteiger partial charge >= 0.3 is 0 Å². The van der Waals surface area contributed by atoms with E-state index in [1.54, 1.807) is 19.2 Å². The second kappa shape index (κ2) is 8.83. The van der Waals surface area contributed by atoms with Gasteiger partial charge < -0.3 is 15.0 Å². The molecule has 30 heavy (non-hydrogen) atoms. The third kappa shape index (κ3) is 4.71. The monoisotopic (exact) mass is 451 g/mol. The minimum Gasteiger partial charge on any atom is -0.496 e. The number of nitrogens with one attached hydrogen (secondary N) is 2. The van der Waals surface area contributed by atoms with Gasteiger partial charge in [0.05, 0.1) is 28.4 Å². The zero-order valence-corrected chi connectivity index (χ0v) is 19.0. The Morgan fingerprint density at radius 1 is 1.17 bits per heavy atom. The molecule has 0 fully saturated rings. The summed E-state index contributed by atoms with van der Waals surface area (Å²) in [5.41, 5.74) is 2.89. The Hall–Kier alpha value is -2.29. The summed E-state index contributed by atoms with van der Waals surface area (Å²) in [5, 5.41) is 2.72. The van der Waals surface area contributed by atoms with Gasteiger partial charge in [0, 0.05) is 18.5 Å². The number of benzene rings is 2. The second-order valence-electron chi connectivity index (χ2n) is 7.56. The molecule has 2 N–H and O–H groups in total. The predicted molar refractivity (Wildman–Crippen MR) is 119 cm³/mol. The Morgan fingerprint density at radius 3 is 2.47 bits per heavy atom. The molecule has 1 atom stereocenters. The lowest BCUT2D eigenvalue weighted by molar-refractivity contribution is -0.114. The van der Waals surface area contributed by atoms with Gasteiger partial charge in [0.2, 0.25) is 5.91 Å². The Bertz CT molecular complexity index is 1070. The third-order valence-corrected chi connectivity index (χ3v) is 6.99. The van der Waals surface area contributed by atoms with Crippen LogP contribution in [0.2, 0.25) is 5.02 Å². The van der Waals surface area contributed by atoms with Crippen LogP contribution in [-0.2, 0) is 27.7 Å². The van der Waals surface area contributed by atoms with Crippen LogP contribution in [0, 0.1) is 0 Å². The number of sulfonamides is 1. The molecule has 0 bridgehead atoms. The van der Waals surface area contributed by atoms with Gasteiger partial charge in [-0.3, -0.25) is 9.52 Å². The van der Waals surface area contributed by atoms with Gasteiger partial charge in [-0.2, -0.15) is 0 Å². The number of fused-ring (bicyclic) bond motifs is 1. The molecule has 0 saturated heterocycles. The number of ether oxygens (including phenoxy) is 1. The molecule has 1 amide bonds. The van der Waals surface area contributed by atoms with Gasteiger partial charge in [-0.25, -0.2) is 8.42 Å². The summed E-state index contributed by atoms with van der Waals surface area (Å²) in [7, 11) is 1.85. The fourth-order valence-corrected chi connectivity index (χ4v) is 5.13. The molecule has 1 aliphatic rings. The van der Waals surface area contributed by atoms with Crippen molar-refractivity contribution in [2.24, 2.45) is 0 Å². The van der Waals surface area contributed by atoms with Crippen molar-refractivity contribution >= 4 is 38.9 Å². The zero-order valence-electron chi connectivity index (χ0n) is 17.5. The molecule has 0 aliphatic heterocycles. The quantitative estimate of drug-likeness (QED) is 0.701. The fourth-order valence-electron chi connectivity index (χ4n) is 3.71. The average Bonchev–Trinajstić information content (AvgIpc) is 2.68. The van der Waals surface area contributed by atoms with Crippen molar-refractivity contribution in [2.75, 3.05) is 31.2 Å². The van der Waals surface area contributed by atoms with E-state index in [1.165, 1.54) is 25.1 Å². The number of amides is 1. The van der Waals surface area contributed by atoms with E-state index in [9.17, 15) is 13.2 Å². The molecule has 162 valence electrons. The van der Waals surface area contributed by atoms with Crippen molar-refractivity contribution < 1.29 is 17.9 Å². The maximum Gasteiger partial charge on any atom is 0.261 e.